The predicted octanol–water partition coefficient (Wildman–Crippen LogP) is 3.74. The molecule has 1 heteroatoms. The number of aromatic nitrogens is 1. The Morgan fingerprint density at radius 3 is 2.81 bits per heavy atom. The summed E-state index contributed by atoms with van der Waals surface area (Å²) in [6, 6.07) is 15.3. The van der Waals surface area contributed by atoms with Gasteiger partial charge >= 0.3 is 0 Å². The fraction of sp³-hybridized carbons (Fsp3) is 0.0667. The summed E-state index contributed by atoms with van der Waals surface area (Å²) in [5.74, 6) is 0. The molecule has 3 aromatic rings. The molecule has 1 N–H and O–H groups in total. The molecule has 0 atom stereocenters. The zero-order chi connectivity index (χ0) is 10.5. The van der Waals surface area contributed by atoms with Gasteiger partial charge < -0.3 is 4.98 Å². The van der Waals surface area contributed by atoms with E-state index in [1.807, 2.05) is 6.20 Å². The molecule has 1 heterocycles. The average Bonchev–Trinajstić information content (AvgIpc) is 2.92. The van der Waals surface area contributed by atoms with Crippen molar-refractivity contribution in [2.24, 2.45) is 0 Å². The molecule has 0 spiro atoms. The molecule has 4 rings (SSSR count). The van der Waals surface area contributed by atoms with Crippen LogP contribution in [0.2, 0.25) is 0 Å². The van der Waals surface area contributed by atoms with Crippen molar-refractivity contribution in [1.82, 2.24) is 4.98 Å². The first kappa shape index (κ1) is 8.17. The van der Waals surface area contributed by atoms with E-state index in [9.17, 15) is 0 Å². The van der Waals surface area contributed by atoms with E-state index in [0.717, 1.165) is 6.42 Å². The third-order valence-corrected chi connectivity index (χ3v) is 3.52. The highest BCUT2D eigenvalue weighted by Gasteiger charge is 2.19. The van der Waals surface area contributed by atoms with Crippen LogP contribution in [0.25, 0.3) is 22.0 Å². The molecule has 0 fully saturated rings. The van der Waals surface area contributed by atoms with Gasteiger partial charge in [0.25, 0.3) is 0 Å². The van der Waals surface area contributed by atoms with E-state index in [1.165, 1.54) is 33.2 Å². The Bertz CT molecular complexity index is 691. The van der Waals surface area contributed by atoms with E-state index in [2.05, 4.69) is 47.4 Å². The summed E-state index contributed by atoms with van der Waals surface area (Å²) < 4.78 is 0. The number of aromatic amines is 1. The van der Waals surface area contributed by atoms with Gasteiger partial charge in [-0.3, -0.25) is 0 Å². The van der Waals surface area contributed by atoms with Crippen LogP contribution in [0.15, 0.2) is 48.7 Å². The highest BCUT2D eigenvalue weighted by molar-refractivity contribution is 5.93. The Kier molecular flexibility index (Phi) is 1.41. The molecule has 0 saturated carbocycles. The molecule has 0 amide bonds. The second-order valence-electron chi connectivity index (χ2n) is 4.36. The zero-order valence-corrected chi connectivity index (χ0v) is 8.83. The van der Waals surface area contributed by atoms with Gasteiger partial charge in [0.05, 0.1) is 0 Å². The fourth-order valence-electron chi connectivity index (χ4n) is 2.77. The van der Waals surface area contributed by atoms with Crippen LogP contribution in [0.5, 0.6) is 0 Å². The normalized spacial score (nSPS) is 12.8. The van der Waals surface area contributed by atoms with Crippen LogP contribution in [0, 0.1) is 0 Å². The first-order valence-electron chi connectivity index (χ1n) is 5.61. The van der Waals surface area contributed by atoms with E-state index in [1.54, 1.807) is 0 Å². The largest absolute Gasteiger partial charge is 0.361 e. The number of hydrogen-bond donors (Lipinski definition) is 1. The van der Waals surface area contributed by atoms with Gasteiger partial charge in [0, 0.05) is 17.1 Å². The third kappa shape index (κ3) is 0.904. The summed E-state index contributed by atoms with van der Waals surface area (Å²) in [7, 11) is 0. The summed E-state index contributed by atoms with van der Waals surface area (Å²) in [4.78, 5) is 3.28. The molecule has 1 aliphatic carbocycles. The van der Waals surface area contributed by atoms with Crippen LogP contribution >= 0.6 is 0 Å². The molecule has 0 bridgehead atoms. The van der Waals surface area contributed by atoms with Gasteiger partial charge in [-0.25, -0.2) is 0 Å². The van der Waals surface area contributed by atoms with Gasteiger partial charge in [-0.1, -0.05) is 30.3 Å². The Hall–Kier alpha value is -2.02. The Morgan fingerprint density at radius 1 is 0.875 bits per heavy atom. The van der Waals surface area contributed by atoms with Crippen LogP contribution in [0.3, 0.4) is 0 Å². The number of hydrogen-bond acceptors (Lipinski definition) is 0. The van der Waals surface area contributed by atoms with Crippen molar-refractivity contribution in [2.45, 2.75) is 6.42 Å². The summed E-state index contributed by atoms with van der Waals surface area (Å²) in [6.45, 7) is 0. The van der Waals surface area contributed by atoms with Crippen molar-refractivity contribution in [3.05, 3.63) is 59.8 Å². The molecule has 76 valence electrons. The minimum absolute atomic E-state index is 1.07. The third-order valence-electron chi connectivity index (χ3n) is 3.52. The molecule has 16 heavy (non-hydrogen) atoms. The van der Waals surface area contributed by atoms with E-state index >= 15 is 0 Å². The van der Waals surface area contributed by atoms with Crippen LogP contribution in [0.4, 0.5) is 0 Å². The zero-order valence-electron chi connectivity index (χ0n) is 8.83. The highest BCUT2D eigenvalue weighted by atomic mass is 14.7. The van der Waals surface area contributed by atoms with E-state index in [4.69, 9.17) is 0 Å². The maximum absolute atomic E-state index is 3.28. The summed E-state index contributed by atoms with van der Waals surface area (Å²) >= 11 is 0. The lowest BCUT2D eigenvalue weighted by Gasteiger charge is -2.01. The standard InChI is InChI=1S/C15H11N/c1-2-4-11-10(3-1)9-14-12(11)5-6-15-13(14)7-8-16-15/h1-8,16H,9H2. The molecule has 0 saturated heterocycles. The summed E-state index contributed by atoms with van der Waals surface area (Å²) in [6.07, 6.45) is 3.09. The minimum Gasteiger partial charge on any atom is -0.361 e. The Labute approximate surface area is 93.7 Å². The highest BCUT2D eigenvalue weighted by Crippen LogP contribution is 2.39. The molecule has 1 aliphatic rings. The molecule has 0 unspecified atom stereocenters. The Balaban J connectivity index is 2.13. The van der Waals surface area contributed by atoms with E-state index in [-0.39, 0.29) is 0 Å². The second-order valence-corrected chi connectivity index (χ2v) is 4.36. The SMILES string of the molecule is c1ccc2c(c1)Cc1c-2ccc2[nH]ccc12. The number of benzene rings is 2. The fourth-order valence-corrected chi connectivity index (χ4v) is 2.77. The lowest BCUT2D eigenvalue weighted by molar-refractivity contribution is 1.28. The predicted molar refractivity (Wildman–Crippen MR) is 66.5 cm³/mol. The lowest BCUT2D eigenvalue weighted by atomic mass is 10.0. The van der Waals surface area contributed by atoms with Crippen LogP contribution in [-0.4, -0.2) is 4.98 Å². The minimum atomic E-state index is 1.07. The van der Waals surface area contributed by atoms with Gasteiger partial charge in [-0.05, 0) is 40.8 Å². The average molecular weight is 205 g/mol. The molecule has 1 aromatic heterocycles. The maximum Gasteiger partial charge on any atom is 0.0457 e. The maximum atomic E-state index is 3.28. The summed E-state index contributed by atoms with van der Waals surface area (Å²) in [5.41, 5.74) is 6.97. The lowest BCUT2D eigenvalue weighted by Crippen LogP contribution is -1.81. The number of rotatable bonds is 0. The van der Waals surface area contributed by atoms with Crippen molar-refractivity contribution < 1.29 is 0 Å². The van der Waals surface area contributed by atoms with E-state index < -0.39 is 0 Å². The van der Waals surface area contributed by atoms with Gasteiger partial charge in [0.2, 0.25) is 0 Å². The van der Waals surface area contributed by atoms with Crippen LogP contribution in [0.1, 0.15) is 11.1 Å². The van der Waals surface area contributed by atoms with Gasteiger partial charge in [-0.2, -0.15) is 0 Å². The van der Waals surface area contributed by atoms with E-state index in [0.29, 0.717) is 0 Å². The van der Waals surface area contributed by atoms with Crippen molar-refractivity contribution in [1.29, 1.82) is 0 Å². The van der Waals surface area contributed by atoms with Gasteiger partial charge in [0.1, 0.15) is 0 Å². The van der Waals surface area contributed by atoms with Crippen LogP contribution in [-0.2, 0) is 6.42 Å². The van der Waals surface area contributed by atoms with Crippen molar-refractivity contribution in [3.63, 3.8) is 0 Å². The molecular formula is C15H11N. The van der Waals surface area contributed by atoms with Crippen LogP contribution < -0.4 is 0 Å². The number of nitrogens with one attached hydrogen (secondary N) is 1. The molecule has 1 nitrogen and oxygen atoms in total. The van der Waals surface area contributed by atoms with Gasteiger partial charge in [0.15, 0.2) is 0 Å². The quantitative estimate of drug-likeness (QED) is 0.450. The van der Waals surface area contributed by atoms with Crippen molar-refractivity contribution >= 4 is 10.9 Å². The number of fused-ring (bicyclic) bond motifs is 5. The smallest absolute Gasteiger partial charge is 0.0457 e. The molecule has 0 radical (unpaired) electrons. The van der Waals surface area contributed by atoms with Crippen molar-refractivity contribution in [3.8, 4) is 11.1 Å². The first-order valence-corrected chi connectivity index (χ1v) is 5.61. The molecule has 0 aliphatic heterocycles. The topological polar surface area (TPSA) is 15.8 Å². The Morgan fingerprint density at radius 2 is 1.81 bits per heavy atom. The van der Waals surface area contributed by atoms with Crippen molar-refractivity contribution in [2.75, 3.05) is 0 Å². The summed E-state index contributed by atoms with van der Waals surface area (Å²) in [5, 5.41) is 1.37. The second kappa shape index (κ2) is 2.76. The molecule has 2 aromatic carbocycles. The van der Waals surface area contributed by atoms with Gasteiger partial charge in [-0.15, -0.1) is 0 Å². The molecular weight excluding hydrogens is 194 g/mol. The monoisotopic (exact) mass is 205 g/mol. The number of H-pyrrole nitrogens is 1. The first-order chi connectivity index (χ1) is 7.93.